The van der Waals surface area contributed by atoms with Gasteiger partial charge in [0.05, 0.1) is 0 Å². The van der Waals surface area contributed by atoms with Crippen molar-refractivity contribution in [3.63, 3.8) is 0 Å². The van der Waals surface area contributed by atoms with E-state index in [2.05, 4.69) is 29.3 Å². The molecule has 72 valence electrons. The zero-order valence-electron chi connectivity index (χ0n) is 8.29. The molecule has 1 aliphatic carbocycles. The molecule has 0 spiro atoms. The third-order valence-electron chi connectivity index (χ3n) is 2.55. The van der Waals surface area contributed by atoms with Gasteiger partial charge in [0.15, 0.2) is 5.82 Å². The maximum absolute atomic E-state index is 5.01. The smallest absolute Gasteiger partial charge is 0.321 e. The van der Waals surface area contributed by atoms with E-state index in [1.54, 1.807) is 0 Å². The predicted molar refractivity (Wildman–Crippen MR) is 49.5 cm³/mol. The Hall–Kier alpha value is -1.06. The van der Waals surface area contributed by atoms with Gasteiger partial charge in [0.25, 0.3) is 0 Å². The van der Waals surface area contributed by atoms with Gasteiger partial charge >= 0.3 is 6.01 Å². The average Bonchev–Trinajstić information content (AvgIpc) is 2.78. The van der Waals surface area contributed by atoms with Crippen molar-refractivity contribution in [3.05, 3.63) is 5.82 Å². The number of hydrogen-bond donors (Lipinski definition) is 1. The first-order chi connectivity index (χ1) is 6.08. The zero-order chi connectivity index (χ0) is 9.47. The van der Waals surface area contributed by atoms with Gasteiger partial charge in [0.2, 0.25) is 0 Å². The first-order valence-corrected chi connectivity index (χ1v) is 4.66. The highest BCUT2D eigenvalue weighted by atomic mass is 16.5. The van der Waals surface area contributed by atoms with E-state index in [-0.39, 0.29) is 5.54 Å². The van der Waals surface area contributed by atoms with Crippen LogP contribution in [0.4, 0.5) is 6.01 Å². The van der Waals surface area contributed by atoms with E-state index in [4.69, 9.17) is 4.52 Å². The van der Waals surface area contributed by atoms with E-state index in [0.29, 0.717) is 11.8 Å². The van der Waals surface area contributed by atoms with E-state index in [1.807, 2.05) is 6.92 Å². The molecule has 1 N–H and O–H groups in total. The van der Waals surface area contributed by atoms with Crippen LogP contribution in [0, 0.1) is 12.8 Å². The molecule has 0 bridgehead atoms. The number of anilines is 1. The summed E-state index contributed by atoms with van der Waals surface area (Å²) in [5.41, 5.74) is 0.0823. The number of aryl methyl sites for hydroxylation is 1. The van der Waals surface area contributed by atoms with Crippen LogP contribution in [0.1, 0.15) is 32.5 Å². The molecule has 0 atom stereocenters. The normalized spacial score (nSPS) is 17.5. The highest BCUT2D eigenvalue weighted by molar-refractivity contribution is 5.25. The van der Waals surface area contributed by atoms with Crippen LogP contribution in [-0.2, 0) is 0 Å². The van der Waals surface area contributed by atoms with Gasteiger partial charge in [0.1, 0.15) is 0 Å². The molecule has 1 aromatic rings. The summed E-state index contributed by atoms with van der Waals surface area (Å²) in [4.78, 5) is 4.12. The number of hydrogen-bond acceptors (Lipinski definition) is 4. The minimum absolute atomic E-state index is 0.0823. The molecule has 4 heteroatoms. The molecule has 1 aliphatic rings. The van der Waals surface area contributed by atoms with Crippen molar-refractivity contribution in [2.75, 3.05) is 5.32 Å². The zero-order valence-corrected chi connectivity index (χ0v) is 8.29. The van der Waals surface area contributed by atoms with Crippen molar-refractivity contribution >= 4 is 6.01 Å². The van der Waals surface area contributed by atoms with Crippen LogP contribution in [-0.4, -0.2) is 15.7 Å². The Morgan fingerprint density at radius 2 is 2.15 bits per heavy atom. The molecule has 0 aliphatic heterocycles. The van der Waals surface area contributed by atoms with Gasteiger partial charge in [-0.1, -0.05) is 5.16 Å². The van der Waals surface area contributed by atoms with Gasteiger partial charge in [-0.3, -0.25) is 0 Å². The van der Waals surface area contributed by atoms with Gasteiger partial charge in [-0.05, 0) is 39.5 Å². The number of rotatable bonds is 3. The van der Waals surface area contributed by atoms with Crippen molar-refractivity contribution in [1.29, 1.82) is 0 Å². The third-order valence-corrected chi connectivity index (χ3v) is 2.55. The summed E-state index contributed by atoms with van der Waals surface area (Å²) in [6.07, 6.45) is 2.60. The van der Waals surface area contributed by atoms with Gasteiger partial charge < -0.3 is 9.84 Å². The Labute approximate surface area is 77.7 Å². The lowest BCUT2D eigenvalue weighted by molar-refractivity contribution is 0.399. The summed E-state index contributed by atoms with van der Waals surface area (Å²) >= 11 is 0. The van der Waals surface area contributed by atoms with Crippen LogP contribution in [0.25, 0.3) is 0 Å². The lowest BCUT2D eigenvalue weighted by atomic mass is 9.99. The van der Waals surface area contributed by atoms with Crippen LogP contribution in [0.3, 0.4) is 0 Å². The minimum Gasteiger partial charge on any atom is -0.333 e. The van der Waals surface area contributed by atoms with Gasteiger partial charge in [-0.25, -0.2) is 0 Å². The molecule has 0 radical (unpaired) electrons. The van der Waals surface area contributed by atoms with E-state index < -0.39 is 0 Å². The average molecular weight is 181 g/mol. The summed E-state index contributed by atoms with van der Waals surface area (Å²) in [6.45, 7) is 6.16. The molecular weight excluding hydrogens is 166 g/mol. The summed E-state index contributed by atoms with van der Waals surface area (Å²) in [6, 6.07) is 0.536. The van der Waals surface area contributed by atoms with Crippen molar-refractivity contribution in [3.8, 4) is 0 Å². The summed E-state index contributed by atoms with van der Waals surface area (Å²) in [5.74, 6) is 1.42. The maximum atomic E-state index is 5.01. The number of nitrogens with one attached hydrogen (secondary N) is 1. The Balaban J connectivity index is 2.04. The summed E-state index contributed by atoms with van der Waals surface area (Å²) in [5, 5.41) is 6.99. The fourth-order valence-electron chi connectivity index (χ4n) is 1.53. The molecule has 0 unspecified atom stereocenters. The van der Waals surface area contributed by atoms with Gasteiger partial charge in [-0.2, -0.15) is 4.98 Å². The van der Waals surface area contributed by atoms with E-state index in [1.165, 1.54) is 12.8 Å². The molecule has 13 heavy (non-hydrogen) atoms. The first-order valence-electron chi connectivity index (χ1n) is 4.66. The molecule has 1 heterocycles. The molecule has 0 amide bonds. The van der Waals surface area contributed by atoms with Crippen LogP contribution in [0.15, 0.2) is 4.52 Å². The SMILES string of the molecule is Cc1noc(NC(C)(C)C2CC2)n1. The molecule has 2 rings (SSSR count). The van der Waals surface area contributed by atoms with Crippen molar-refractivity contribution in [2.45, 2.75) is 39.2 Å². The third kappa shape index (κ3) is 1.82. The van der Waals surface area contributed by atoms with E-state index >= 15 is 0 Å². The number of nitrogens with zero attached hydrogens (tertiary/aromatic N) is 2. The largest absolute Gasteiger partial charge is 0.333 e. The fraction of sp³-hybridized carbons (Fsp3) is 0.778. The molecule has 1 saturated carbocycles. The molecule has 4 nitrogen and oxygen atoms in total. The van der Waals surface area contributed by atoms with Crippen LogP contribution in [0.5, 0.6) is 0 Å². The second-order valence-corrected chi connectivity index (χ2v) is 4.27. The van der Waals surface area contributed by atoms with Crippen LogP contribution < -0.4 is 5.32 Å². The highest BCUT2D eigenvalue weighted by Gasteiger charge is 2.38. The van der Waals surface area contributed by atoms with Crippen molar-refractivity contribution < 1.29 is 4.52 Å². The lowest BCUT2D eigenvalue weighted by Gasteiger charge is -2.24. The van der Waals surface area contributed by atoms with Crippen LogP contribution in [0.2, 0.25) is 0 Å². The Morgan fingerprint density at radius 1 is 1.46 bits per heavy atom. The summed E-state index contributed by atoms with van der Waals surface area (Å²) < 4.78 is 5.01. The second-order valence-electron chi connectivity index (χ2n) is 4.27. The quantitative estimate of drug-likeness (QED) is 0.774. The molecule has 0 saturated heterocycles. The van der Waals surface area contributed by atoms with Gasteiger partial charge in [-0.15, -0.1) is 0 Å². The minimum atomic E-state index is 0.0823. The Kier molecular flexibility index (Phi) is 1.78. The molecular formula is C9H15N3O. The van der Waals surface area contributed by atoms with E-state index in [0.717, 1.165) is 5.92 Å². The van der Waals surface area contributed by atoms with Crippen molar-refractivity contribution in [2.24, 2.45) is 5.92 Å². The predicted octanol–water partition coefficient (Wildman–Crippen LogP) is 1.98. The van der Waals surface area contributed by atoms with Gasteiger partial charge in [0, 0.05) is 5.54 Å². The maximum Gasteiger partial charge on any atom is 0.321 e. The summed E-state index contributed by atoms with van der Waals surface area (Å²) in [7, 11) is 0. The molecule has 1 aromatic heterocycles. The van der Waals surface area contributed by atoms with Crippen LogP contribution >= 0.6 is 0 Å². The topological polar surface area (TPSA) is 51.0 Å². The monoisotopic (exact) mass is 181 g/mol. The number of aromatic nitrogens is 2. The highest BCUT2D eigenvalue weighted by Crippen LogP contribution is 2.40. The molecule has 0 aromatic carbocycles. The second kappa shape index (κ2) is 2.72. The molecule has 1 fully saturated rings. The first kappa shape index (κ1) is 8.53. The van der Waals surface area contributed by atoms with Crippen molar-refractivity contribution in [1.82, 2.24) is 10.1 Å². The fourth-order valence-corrected chi connectivity index (χ4v) is 1.53. The Morgan fingerprint density at radius 3 is 2.62 bits per heavy atom. The Bertz CT molecular complexity index is 302. The van der Waals surface area contributed by atoms with E-state index in [9.17, 15) is 0 Å². The standard InChI is InChI=1S/C9H15N3O/c1-6-10-8(13-12-6)11-9(2,3)7-4-5-7/h7H,4-5H2,1-3H3,(H,10,11,12). The lowest BCUT2D eigenvalue weighted by Crippen LogP contribution is -2.33.